The Kier molecular flexibility index (Phi) is 12.9. The SMILES string of the molecule is O=C(CCCN1CCCC1)Nc1ccc(-n2cc(-c3ccc(NC(=O)Nc4ccc(-c5cn(-c6ccc(NC(=O)CCCN7CCCC7)cc6)nn5)cc4)cc3)nn2)cc1. The van der Waals surface area contributed by atoms with Crippen molar-refractivity contribution in [2.24, 2.45) is 0 Å². The van der Waals surface area contributed by atoms with Crippen molar-refractivity contribution in [3.8, 4) is 33.9 Å². The standard InChI is InChI=1S/C45H50N12O3/c58-43(7-5-29-54-25-1-2-26-54)46-35-17-21-39(22-18-35)56-31-41(50-52-56)33-9-13-37(14-10-33)48-45(60)49-38-15-11-34(12-16-38)42-32-57(53-51-42)40-23-19-36(20-24-40)47-44(59)8-6-30-55-27-3-4-28-55/h9-24,31-32H,1-8,25-30H2,(H,46,58)(H,47,59)(H2,48,49,60). The van der Waals surface area contributed by atoms with E-state index in [4.69, 9.17) is 0 Å². The lowest BCUT2D eigenvalue weighted by atomic mass is 10.1. The lowest BCUT2D eigenvalue weighted by molar-refractivity contribution is -0.117. The molecule has 4 heterocycles. The molecule has 0 spiro atoms. The minimum Gasteiger partial charge on any atom is -0.326 e. The molecule has 0 aliphatic carbocycles. The van der Waals surface area contributed by atoms with Gasteiger partial charge in [0, 0.05) is 46.7 Å². The number of anilines is 4. The molecule has 2 aromatic heterocycles. The summed E-state index contributed by atoms with van der Waals surface area (Å²) in [6.45, 7) is 6.52. The highest BCUT2D eigenvalue weighted by atomic mass is 16.2. The molecule has 2 aliphatic rings. The van der Waals surface area contributed by atoms with Crippen LogP contribution in [-0.2, 0) is 9.59 Å². The minimum absolute atomic E-state index is 0.0234. The van der Waals surface area contributed by atoms with Crippen molar-refractivity contribution in [3.05, 3.63) is 109 Å². The normalized spacial score (nSPS) is 14.3. The number of carbonyl (C=O) groups is 3. The molecule has 0 saturated carbocycles. The molecular formula is C45H50N12O3. The summed E-state index contributed by atoms with van der Waals surface area (Å²) in [5, 5.41) is 29.0. The fourth-order valence-corrected chi connectivity index (χ4v) is 7.57. The number of hydrogen-bond donors (Lipinski definition) is 4. The van der Waals surface area contributed by atoms with Gasteiger partial charge in [0.15, 0.2) is 0 Å². The molecule has 15 heteroatoms. The molecule has 15 nitrogen and oxygen atoms in total. The fourth-order valence-electron chi connectivity index (χ4n) is 7.57. The second-order valence-corrected chi connectivity index (χ2v) is 15.3. The number of urea groups is 1. The van der Waals surface area contributed by atoms with E-state index in [9.17, 15) is 14.4 Å². The molecule has 4 amide bonds. The van der Waals surface area contributed by atoms with E-state index in [1.165, 1.54) is 25.7 Å². The van der Waals surface area contributed by atoms with E-state index < -0.39 is 0 Å². The van der Waals surface area contributed by atoms with Crippen LogP contribution < -0.4 is 21.3 Å². The van der Waals surface area contributed by atoms with Crippen molar-refractivity contribution < 1.29 is 14.4 Å². The van der Waals surface area contributed by atoms with E-state index in [2.05, 4.69) is 51.7 Å². The fraction of sp³-hybridized carbons (Fsp3) is 0.311. The zero-order valence-corrected chi connectivity index (χ0v) is 33.6. The first-order valence-corrected chi connectivity index (χ1v) is 20.8. The molecule has 0 atom stereocenters. The van der Waals surface area contributed by atoms with Crippen molar-refractivity contribution in [1.82, 2.24) is 39.8 Å². The average Bonchev–Trinajstić information content (AvgIpc) is 4.12. The first kappa shape index (κ1) is 40.1. The summed E-state index contributed by atoms with van der Waals surface area (Å²) in [6, 6.07) is 29.4. The van der Waals surface area contributed by atoms with Crippen LogP contribution in [-0.4, -0.2) is 96.9 Å². The molecule has 308 valence electrons. The monoisotopic (exact) mass is 806 g/mol. The van der Waals surface area contributed by atoms with Crippen LogP contribution in [0.2, 0.25) is 0 Å². The third-order valence-corrected chi connectivity index (χ3v) is 10.8. The van der Waals surface area contributed by atoms with Crippen LogP contribution in [0, 0.1) is 0 Å². The highest BCUT2D eigenvalue weighted by Gasteiger charge is 2.14. The van der Waals surface area contributed by atoms with Gasteiger partial charge < -0.3 is 31.1 Å². The highest BCUT2D eigenvalue weighted by Crippen LogP contribution is 2.24. The van der Waals surface area contributed by atoms with Gasteiger partial charge >= 0.3 is 6.03 Å². The van der Waals surface area contributed by atoms with Crippen molar-refractivity contribution in [3.63, 3.8) is 0 Å². The predicted molar refractivity (Wildman–Crippen MR) is 233 cm³/mol. The molecule has 60 heavy (non-hydrogen) atoms. The Morgan fingerprint density at radius 1 is 0.467 bits per heavy atom. The molecule has 4 N–H and O–H groups in total. The number of nitrogens with zero attached hydrogens (tertiary/aromatic N) is 8. The summed E-state index contributed by atoms with van der Waals surface area (Å²) in [7, 11) is 0. The zero-order chi connectivity index (χ0) is 41.1. The molecular weight excluding hydrogens is 757 g/mol. The van der Waals surface area contributed by atoms with Gasteiger partial charge in [-0.2, -0.15) is 0 Å². The molecule has 2 fully saturated rings. The Hall–Kier alpha value is -6.71. The van der Waals surface area contributed by atoms with Crippen molar-refractivity contribution in [1.29, 1.82) is 0 Å². The first-order chi connectivity index (χ1) is 29.4. The van der Waals surface area contributed by atoms with Crippen LogP contribution in [0.1, 0.15) is 51.4 Å². The Bertz CT molecular complexity index is 2180. The smallest absolute Gasteiger partial charge is 0.323 e. The number of nitrogens with one attached hydrogen (secondary N) is 4. The molecule has 0 bridgehead atoms. The summed E-state index contributed by atoms with van der Waals surface area (Å²) in [6.07, 6.45) is 11.4. The van der Waals surface area contributed by atoms with E-state index in [0.29, 0.717) is 35.6 Å². The molecule has 0 radical (unpaired) electrons. The van der Waals surface area contributed by atoms with Crippen LogP contribution in [0.5, 0.6) is 0 Å². The number of likely N-dealkylation sites (tertiary alicyclic amines) is 2. The maximum absolute atomic E-state index is 12.8. The van der Waals surface area contributed by atoms with Gasteiger partial charge in [-0.3, -0.25) is 9.59 Å². The van der Waals surface area contributed by atoms with Crippen LogP contribution in [0.15, 0.2) is 109 Å². The maximum atomic E-state index is 12.8. The maximum Gasteiger partial charge on any atom is 0.323 e. The predicted octanol–water partition coefficient (Wildman–Crippen LogP) is 7.46. The molecule has 2 saturated heterocycles. The third-order valence-electron chi connectivity index (χ3n) is 10.8. The summed E-state index contributed by atoms with van der Waals surface area (Å²) in [5.74, 6) is 0.0469. The van der Waals surface area contributed by atoms with Crippen LogP contribution >= 0.6 is 0 Å². The average molecular weight is 807 g/mol. The van der Waals surface area contributed by atoms with Gasteiger partial charge in [0.1, 0.15) is 11.4 Å². The Morgan fingerprint density at radius 2 is 0.817 bits per heavy atom. The Morgan fingerprint density at radius 3 is 1.20 bits per heavy atom. The Labute approximate surface area is 349 Å². The number of carbonyl (C=O) groups excluding carboxylic acids is 3. The van der Waals surface area contributed by atoms with Gasteiger partial charge in [-0.05, 0) is 151 Å². The highest BCUT2D eigenvalue weighted by molar-refractivity contribution is 6.00. The van der Waals surface area contributed by atoms with E-state index in [1.54, 1.807) is 9.36 Å². The summed E-state index contributed by atoms with van der Waals surface area (Å²) in [4.78, 5) is 42.5. The van der Waals surface area contributed by atoms with Gasteiger partial charge in [0.2, 0.25) is 11.8 Å². The van der Waals surface area contributed by atoms with Crippen molar-refractivity contribution >= 4 is 40.6 Å². The molecule has 6 aromatic rings. The topological polar surface area (TPSA) is 167 Å². The van der Waals surface area contributed by atoms with E-state index >= 15 is 0 Å². The number of rotatable bonds is 16. The quantitative estimate of drug-likeness (QED) is 0.0777. The van der Waals surface area contributed by atoms with Gasteiger partial charge in [0.05, 0.1) is 23.8 Å². The molecule has 0 unspecified atom stereocenters. The summed E-state index contributed by atoms with van der Waals surface area (Å²) >= 11 is 0. The summed E-state index contributed by atoms with van der Waals surface area (Å²) < 4.78 is 3.37. The van der Waals surface area contributed by atoms with E-state index in [1.807, 2.05) is 109 Å². The summed E-state index contributed by atoms with van der Waals surface area (Å²) in [5.41, 5.74) is 7.42. The number of aromatic nitrogens is 6. The van der Waals surface area contributed by atoms with Crippen LogP contribution in [0.4, 0.5) is 27.5 Å². The van der Waals surface area contributed by atoms with Crippen molar-refractivity contribution in [2.75, 3.05) is 60.5 Å². The largest absolute Gasteiger partial charge is 0.326 e. The first-order valence-electron chi connectivity index (χ1n) is 20.8. The van der Waals surface area contributed by atoms with Crippen molar-refractivity contribution in [2.45, 2.75) is 51.4 Å². The van der Waals surface area contributed by atoms with Crippen LogP contribution in [0.3, 0.4) is 0 Å². The zero-order valence-electron chi connectivity index (χ0n) is 33.6. The lowest BCUT2D eigenvalue weighted by Crippen LogP contribution is -2.22. The second-order valence-electron chi connectivity index (χ2n) is 15.3. The van der Waals surface area contributed by atoms with Gasteiger partial charge in [0.25, 0.3) is 0 Å². The lowest BCUT2D eigenvalue weighted by Gasteiger charge is -2.13. The van der Waals surface area contributed by atoms with Gasteiger partial charge in [-0.25, -0.2) is 14.2 Å². The van der Waals surface area contributed by atoms with Gasteiger partial charge in [-0.1, -0.05) is 34.7 Å². The van der Waals surface area contributed by atoms with Crippen LogP contribution in [0.25, 0.3) is 33.9 Å². The van der Waals surface area contributed by atoms with E-state index in [-0.39, 0.29) is 17.8 Å². The van der Waals surface area contributed by atoms with E-state index in [0.717, 1.165) is 86.0 Å². The second kappa shape index (κ2) is 19.4. The molecule has 2 aliphatic heterocycles. The third kappa shape index (κ3) is 10.9. The number of amides is 4. The minimum atomic E-state index is -0.379. The van der Waals surface area contributed by atoms with Gasteiger partial charge in [-0.15, -0.1) is 10.2 Å². The number of hydrogen-bond acceptors (Lipinski definition) is 9. The molecule has 4 aromatic carbocycles. The molecule has 8 rings (SSSR count). The Balaban J connectivity index is 0.773. The number of benzene rings is 4.